The second-order valence-corrected chi connectivity index (χ2v) is 2.89. The van der Waals surface area contributed by atoms with Gasteiger partial charge in [-0.25, -0.2) is 9.97 Å². The molecule has 0 radical (unpaired) electrons. The molecule has 0 aliphatic carbocycles. The number of aromatic amines is 2. The second-order valence-electron chi connectivity index (χ2n) is 2.89. The quantitative estimate of drug-likeness (QED) is 0.701. The van der Waals surface area contributed by atoms with E-state index >= 15 is 0 Å². The summed E-state index contributed by atoms with van der Waals surface area (Å²) in [5, 5.41) is 0. The van der Waals surface area contributed by atoms with Crippen LogP contribution >= 0.6 is 0 Å². The number of hydrogen-bond donors (Lipinski definition) is 2. The van der Waals surface area contributed by atoms with E-state index in [-0.39, 0.29) is 0 Å². The monoisotopic (exact) mass is 178 g/mol. The van der Waals surface area contributed by atoms with Gasteiger partial charge < -0.3 is 9.97 Å². The van der Waals surface area contributed by atoms with Gasteiger partial charge in [0.15, 0.2) is 0 Å². The first kappa shape index (κ1) is 9.51. The molecule has 0 bridgehead atoms. The molecule has 2 aromatic heterocycles. The van der Waals surface area contributed by atoms with Crippen LogP contribution in [0.25, 0.3) is 0 Å². The van der Waals surface area contributed by atoms with Crippen LogP contribution in [0, 0.1) is 0 Å². The minimum atomic E-state index is 0.519. The van der Waals surface area contributed by atoms with Crippen molar-refractivity contribution < 1.29 is 0 Å². The zero-order chi connectivity index (χ0) is 9.52. The van der Waals surface area contributed by atoms with Crippen molar-refractivity contribution in [2.24, 2.45) is 0 Å². The van der Waals surface area contributed by atoms with Gasteiger partial charge in [-0.3, -0.25) is 0 Å². The molecule has 4 nitrogen and oxygen atoms in total. The molecule has 0 saturated carbocycles. The van der Waals surface area contributed by atoms with Crippen LogP contribution in [-0.2, 0) is 0 Å². The van der Waals surface area contributed by atoms with Gasteiger partial charge in [0.05, 0.1) is 6.33 Å². The van der Waals surface area contributed by atoms with Gasteiger partial charge in [-0.05, 0) is 0 Å². The minimum Gasteiger partial charge on any atom is -0.351 e. The third kappa shape index (κ3) is 3.55. The van der Waals surface area contributed by atoms with Crippen molar-refractivity contribution in [2.45, 2.75) is 19.8 Å². The van der Waals surface area contributed by atoms with Gasteiger partial charge in [0.25, 0.3) is 0 Å². The molecule has 0 unspecified atom stereocenters. The normalized spacial score (nSPS) is 9.46. The lowest BCUT2D eigenvalue weighted by atomic mass is 10.2. The fourth-order valence-electron chi connectivity index (χ4n) is 0.808. The van der Waals surface area contributed by atoms with E-state index in [4.69, 9.17) is 0 Å². The van der Waals surface area contributed by atoms with Crippen molar-refractivity contribution in [3.63, 3.8) is 0 Å². The molecule has 0 aliphatic rings. The third-order valence-electron chi connectivity index (χ3n) is 1.47. The van der Waals surface area contributed by atoms with Crippen LogP contribution in [-0.4, -0.2) is 19.9 Å². The molecule has 13 heavy (non-hydrogen) atoms. The van der Waals surface area contributed by atoms with Crippen LogP contribution in [0.15, 0.2) is 31.1 Å². The Bertz CT molecular complexity index is 266. The summed E-state index contributed by atoms with van der Waals surface area (Å²) in [5.74, 6) is 1.58. The summed E-state index contributed by atoms with van der Waals surface area (Å²) in [6.07, 6.45) is 8.70. The zero-order valence-corrected chi connectivity index (χ0v) is 7.86. The maximum atomic E-state index is 4.06. The number of rotatable bonds is 1. The molecule has 0 aliphatic heterocycles. The van der Waals surface area contributed by atoms with Crippen LogP contribution in [0.4, 0.5) is 0 Å². The lowest BCUT2D eigenvalue weighted by molar-refractivity contribution is 0.794. The standard InChI is InChI=1S/C6H10N2.C3H4N2/c1-5(2)6-7-3-4-8-6;1-2-5-3-4-1/h3-5H,1-2H3,(H,7,8);1-3H,(H,4,5). The summed E-state index contributed by atoms with van der Waals surface area (Å²) in [6, 6.07) is 0. The summed E-state index contributed by atoms with van der Waals surface area (Å²) in [6.45, 7) is 4.22. The average Bonchev–Trinajstić information content (AvgIpc) is 2.82. The maximum Gasteiger partial charge on any atom is 0.108 e. The number of nitrogens with one attached hydrogen (secondary N) is 2. The van der Waals surface area contributed by atoms with Crippen molar-refractivity contribution in [3.05, 3.63) is 36.9 Å². The Morgan fingerprint density at radius 2 is 2.08 bits per heavy atom. The molecule has 0 atom stereocenters. The fraction of sp³-hybridized carbons (Fsp3) is 0.333. The van der Waals surface area contributed by atoms with Crippen LogP contribution in [0.3, 0.4) is 0 Å². The molecule has 2 aromatic rings. The molecule has 0 amide bonds. The van der Waals surface area contributed by atoms with Gasteiger partial charge in [0.2, 0.25) is 0 Å². The first-order chi connectivity index (χ1) is 6.30. The zero-order valence-electron chi connectivity index (χ0n) is 7.86. The topological polar surface area (TPSA) is 57.4 Å². The van der Waals surface area contributed by atoms with E-state index in [0.29, 0.717) is 5.92 Å². The molecule has 70 valence electrons. The van der Waals surface area contributed by atoms with Crippen molar-refractivity contribution in [2.75, 3.05) is 0 Å². The van der Waals surface area contributed by atoms with Crippen LogP contribution < -0.4 is 0 Å². The van der Waals surface area contributed by atoms with E-state index in [1.807, 2.05) is 6.20 Å². The lowest BCUT2D eigenvalue weighted by Gasteiger charge is -1.95. The highest BCUT2D eigenvalue weighted by Crippen LogP contribution is 2.05. The molecular formula is C9H14N4. The Labute approximate surface area is 77.4 Å². The number of aromatic nitrogens is 4. The summed E-state index contributed by atoms with van der Waals surface area (Å²) in [7, 11) is 0. The summed E-state index contributed by atoms with van der Waals surface area (Å²) in [4.78, 5) is 13.5. The maximum absolute atomic E-state index is 4.06. The van der Waals surface area contributed by atoms with Gasteiger partial charge >= 0.3 is 0 Å². The smallest absolute Gasteiger partial charge is 0.108 e. The Morgan fingerprint density at radius 3 is 2.31 bits per heavy atom. The molecule has 0 aromatic carbocycles. The van der Waals surface area contributed by atoms with Crippen LogP contribution in [0.5, 0.6) is 0 Å². The van der Waals surface area contributed by atoms with Gasteiger partial charge in [-0.2, -0.15) is 0 Å². The van der Waals surface area contributed by atoms with Crippen molar-refractivity contribution in [3.8, 4) is 0 Å². The largest absolute Gasteiger partial charge is 0.351 e. The average molecular weight is 178 g/mol. The van der Waals surface area contributed by atoms with Crippen molar-refractivity contribution >= 4 is 0 Å². The summed E-state index contributed by atoms with van der Waals surface area (Å²) >= 11 is 0. The van der Waals surface area contributed by atoms with E-state index in [1.54, 1.807) is 24.9 Å². The van der Waals surface area contributed by atoms with Gasteiger partial charge in [-0.1, -0.05) is 13.8 Å². The molecular weight excluding hydrogens is 164 g/mol. The fourth-order valence-corrected chi connectivity index (χ4v) is 0.808. The number of H-pyrrole nitrogens is 2. The Morgan fingerprint density at radius 1 is 1.23 bits per heavy atom. The van der Waals surface area contributed by atoms with Gasteiger partial charge in [-0.15, -0.1) is 0 Å². The highest BCUT2D eigenvalue weighted by molar-refractivity contribution is 4.92. The lowest BCUT2D eigenvalue weighted by Crippen LogP contribution is -1.87. The van der Waals surface area contributed by atoms with Gasteiger partial charge in [0.1, 0.15) is 5.82 Å². The van der Waals surface area contributed by atoms with E-state index in [1.165, 1.54) is 0 Å². The predicted molar refractivity (Wildman–Crippen MR) is 51.3 cm³/mol. The first-order valence-corrected chi connectivity index (χ1v) is 4.22. The highest BCUT2D eigenvalue weighted by Gasteiger charge is 1.96. The van der Waals surface area contributed by atoms with E-state index < -0.39 is 0 Å². The molecule has 2 rings (SSSR count). The van der Waals surface area contributed by atoms with E-state index in [9.17, 15) is 0 Å². The molecule has 2 heterocycles. The van der Waals surface area contributed by atoms with Crippen molar-refractivity contribution in [1.82, 2.24) is 19.9 Å². The minimum absolute atomic E-state index is 0.519. The highest BCUT2D eigenvalue weighted by atomic mass is 14.9. The third-order valence-corrected chi connectivity index (χ3v) is 1.47. The predicted octanol–water partition coefficient (Wildman–Crippen LogP) is 1.94. The molecule has 4 heteroatoms. The van der Waals surface area contributed by atoms with Crippen LogP contribution in [0.1, 0.15) is 25.6 Å². The Balaban J connectivity index is 0.000000145. The summed E-state index contributed by atoms with van der Waals surface area (Å²) < 4.78 is 0. The number of nitrogens with zero attached hydrogens (tertiary/aromatic N) is 2. The van der Waals surface area contributed by atoms with E-state index in [2.05, 4.69) is 33.8 Å². The number of hydrogen-bond acceptors (Lipinski definition) is 2. The van der Waals surface area contributed by atoms with Crippen LogP contribution in [0.2, 0.25) is 0 Å². The number of imidazole rings is 2. The Hall–Kier alpha value is -1.58. The Kier molecular flexibility index (Phi) is 3.75. The first-order valence-electron chi connectivity index (χ1n) is 4.22. The SMILES string of the molecule is CC(C)c1ncc[nH]1.c1c[nH]cn1. The molecule has 2 N–H and O–H groups in total. The van der Waals surface area contributed by atoms with Gasteiger partial charge in [0, 0.05) is 30.7 Å². The molecule has 0 fully saturated rings. The molecule has 0 saturated heterocycles. The van der Waals surface area contributed by atoms with Crippen molar-refractivity contribution in [1.29, 1.82) is 0 Å². The molecule has 0 spiro atoms. The second kappa shape index (κ2) is 5.13. The summed E-state index contributed by atoms with van der Waals surface area (Å²) in [5.41, 5.74) is 0. The van der Waals surface area contributed by atoms with E-state index in [0.717, 1.165) is 5.82 Å².